The summed E-state index contributed by atoms with van der Waals surface area (Å²) in [4.78, 5) is 39.3. The zero-order valence-corrected chi connectivity index (χ0v) is 22.1. The van der Waals surface area contributed by atoms with Gasteiger partial charge in [0.15, 0.2) is 0 Å². The number of methoxy groups -OCH3 is 1. The fourth-order valence-corrected chi connectivity index (χ4v) is 4.71. The predicted octanol–water partition coefficient (Wildman–Crippen LogP) is 5.55. The Morgan fingerprint density at radius 2 is 1.58 bits per heavy atom. The van der Waals surface area contributed by atoms with Crippen molar-refractivity contribution in [1.29, 1.82) is 0 Å². The lowest BCUT2D eigenvalue weighted by atomic mass is 9.85. The van der Waals surface area contributed by atoms with Crippen molar-refractivity contribution in [2.24, 2.45) is 0 Å². The molecule has 0 spiro atoms. The van der Waals surface area contributed by atoms with Crippen molar-refractivity contribution >= 4 is 29.1 Å². The van der Waals surface area contributed by atoms with Gasteiger partial charge in [-0.05, 0) is 64.9 Å². The van der Waals surface area contributed by atoms with Crippen LogP contribution in [-0.4, -0.2) is 35.0 Å². The lowest BCUT2D eigenvalue weighted by Crippen LogP contribution is -2.29. The van der Waals surface area contributed by atoms with Gasteiger partial charge in [0.25, 0.3) is 11.7 Å². The highest BCUT2D eigenvalue weighted by atomic mass is 16.5. The van der Waals surface area contributed by atoms with Gasteiger partial charge in [0.05, 0.1) is 25.1 Å². The molecule has 0 aromatic heterocycles. The van der Waals surface area contributed by atoms with Crippen molar-refractivity contribution in [3.05, 3.63) is 100 Å². The van der Waals surface area contributed by atoms with Crippen molar-refractivity contribution in [2.75, 3.05) is 12.0 Å². The summed E-state index contributed by atoms with van der Waals surface area (Å²) in [5.41, 5.74) is 3.80. The molecule has 0 aliphatic carbocycles. The number of aliphatic hydroxyl groups is 1. The number of anilines is 1. The topological polar surface area (TPSA) is 104 Å². The molecule has 1 unspecified atom stereocenters. The molecule has 3 aromatic rings. The second-order valence-electron chi connectivity index (χ2n) is 10.5. The first-order valence-electron chi connectivity index (χ1n) is 12.3. The molecule has 2 N–H and O–H groups in total. The molecule has 1 aliphatic heterocycles. The van der Waals surface area contributed by atoms with Gasteiger partial charge in [0.2, 0.25) is 0 Å². The van der Waals surface area contributed by atoms with Crippen LogP contribution in [-0.2, 0) is 26.2 Å². The summed E-state index contributed by atoms with van der Waals surface area (Å²) in [6, 6.07) is 18.3. The van der Waals surface area contributed by atoms with Crippen molar-refractivity contribution < 1.29 is 29.3 Å². The van der Waals surface area contributed by atoms with Gasteiger partial charge in [-0.2, -0.15) is 0 Å². The van der Waals surface area contributed by atoms with Crippen LogP contribution in [0.5, 0.6) is 5.75 Å². The van der Waals surface area contributed by atoms with E-state index in [-0.39, 0.29) is 23.2 Å². The van der Waals surface area contributed by atoms with E-state index in [1.165, 1.54) is 4.90 Å². The van der Waals surface area contributed by atoms with Crippen molar-refractivity contribution in [3.8, 4) is 5.75 Å². The number of nitrogens with zero attached hydrogens (tertiary/aromatic N) is 1. The third-order valence-electron chi connectivity index (χ3n) is 6.78. The summed E-state index contributed by atoms with van der Waals surface area (Å²) in [7, 11) is 1.55. The molecule has 1 amide bonds. The maximum Gasteiger partial charge on any atom is 0.307 e. The van der Waals surface area contributed by atoms with Crippen LogP contribution >= 0.6 is 0 Å². The lowest BCUT2D eigenvalue weighted by Gasteiger charge is -2.27. The molecule has 1 aliphatic rings. The lowest BCUT2D eigenvalue weighted by molar-refractivity contribution is -0.136. The molecule has 4 rings (SSSR count). The van der Waals surface area contributed by atoms with Crippen LogP contribution < -0.4 is 9.64 Å². The van der Waals surface area contributed by atoms with Gasteiger partial charge in [-0.3, -0.25) is 19.3 Å². The normalized spacial score (nSPS) is 17.1. The van der Waals surface area contributed by atoms with Gasteiger partial charge < -0.3 is 14.9 Å². The summed E-state index contributed by atoms with van der Waals surface area (Å²) in [6.07, 6.45) is -0.159. The molecule has 1 heterocycles. The number of carboxylic acids is 1. The fraction of sp³-hybridized carbons (Fsp3) is 0.258. The van der Waals surface area contributed by atoms with Crippen LogP contribution in [0.25, 0.3) is 5.76 Å². The van der Waals surface area contributed by atoms with Crippen LogP contribution in [0.3, 0.4) is 0 Å². The maximum absolute atomic E-state index is 13.4. The van der Waals surface area contributed by atoms with Crippen molar-refractivity contribution in [3.63, 3.8) is 0 Å². The number of carboxylic acid groups (broad SMARTS) is 1. The monoisotopic (exact) mass is 513 g/mol. The number of ether oxygens (including phenoxy) is 1. The first kappa shape index (κ1) is 26.7. The maximum atomic E-state index is 13.4. The largest absolute Gasteiger partial charge is 0.507 e. The van der Waals surface area contributed by atoms with Crippen molar-refractivity contribution in [1.82, 2.24) is 0 Å². The number of hydrogen-bond donors (Lipinski definition) is 2. The molecule has 0 saturated carbocycles. The van der Waals surface area contributed by atoms with Gasteiger partial charge in [0, 0.05) is 11.3 Å². The number of aryl methyl sites for hydroxylation is 1. The Hall–Kier alpha value is -4.39. The highest BCUT2D eigenvalue weighted by molar-refractivity contribution is 6.51. The molecule has 7 heteroatoms. The second kappa shape index (κ2) is 10.2. The van der Waals surface area contributed by atoms with Gasteiger partial charge in [-0.25, -0.2) is 0 Å². The average Bonchev–Trinajstić information content (AvgIpc) is 3.13. The fourth-order valence-electron chi connectivity index (χ4n) is 4.71. The van der Waals surface area contributed by atoms with Gasteiger partial charge in [0.1, 0.15) is 11.5 Å². The Morgan fingerprint density at radius 1 is 0.947 bits per heavy atom. The van der Waals surface area contributed by atoms with Gasteiger partial charge in [-0.1, -0.05) is 57.2 Å². The Bertz CT molecular complexity index is 1430. The van der Waals surface area contributed by atoms with E-state index >= 15 is 0 Å². The number of hydrogen-bond acceptors (Lipinski definition) is 5. The van der Waals surface area contributed by atoms with E-state index in [1.54, 1.807) is 49.6 Å². The minimum absolute atomic E-state index is 0.0160. The van der Waals surface area contributed by atoms with Gasteiger partial charge >= 0.3 is 5.97 Å². The number of amides is 1. The first-order valence-corrected chi connectivity index (χ1v) is 12.3. The second-order valence-corrected chi connectivity index (χ2v) is 10.5. The number of rotatable bonds is 6. The summed E-state index contributed by atoms with van der Waals surface area (Å²) < 4.78 is 5.32. The van der Waals surface area contributed by atoms with Crippen LogP contribution in [0.15, 0.2) is 72.3 Å². The van der Waals surface area contributed by atoms with Gasteiger partial charge in [-0.15, -0.1) is 0 Å². The number of aliphatic hydroxyl groups excluding tert-OH is 1. The van der Waals surface area contributed by atoms with E-state index in [0.717, 1.165) is 11.1 Å². The molecule has 1 atom stereocenters. The number of Topliss-reactive ketones (excluding diaryl/α,β-unsaturated/α-hetero) is 1. The van der Waals surface area contributed by atoms with E-state index in [0.29, 0.717) is 28.1 Å². The third kappa shape index (κ3) is 5.05. The number of carbonyl (C=O) groups excluding carboxylic acids is 2. The Balaban J connectivity index is 1.89. The van der Waals surface area contributed by atoms with Crippen LogP contribution in [0, 0.1) is 6.92 Å². The van der Waals surface area contributed by atoms with E-state index in [9.17, 15) is 19.5 Å². The highest BCUT2D eigenvalue weighted by Gasteiger charge is 2.47. The molecule has 196 valence electrons. The van der Waals surface area contributed by atoms with Crippen LogP contribution in [0.4, 0.5) is 5.69 Å². The Labute approximate surface area is 222 Å². The highest BCUT2D eigenvalue weighted by Crippen LogP contribution is 2.43. The summed E-state index contributed by atoms with van der Waals surface area (Å²) >= 11 is 0. The van der Waals surface area contributed by atoms with Crippen LogP contribution in [0.1, 0.15) is 54.6 Å². The van der Waals surface area contributed by atoms with Crippen LogP contribution in [0.2, 0.25) is 0 Å². The van der Waals surface area contributed by atoms with E-state index < -0.39 is 23.7 Å². The SMILES string of the molecule is COc1ccc(/C(O)=C2/C(=O)C(=O)N(c3ccc(CC(=O)O)cc3)C2c2ccc(C(C)(C)C)cc2)cc1C. The molecule has 0 radical (unpaired) electrons. The quantitative estimate of drug-likeness (QED) is 0.254. The van der Waals surface area contributed by atoms with Crippen molar-refractivity contribution in [2.45, 2.75) is 45.6 Å². The molecule has 1 saturated heterocycles. The first-order chi connectivity index (χ1) is 17.9. The average molecular weight is 514 g/mol. The molecular weight excluding hydrogens is 482 g/mol. The number of benzene rings is 3. The minimum Gasteiger partial charge on any atom is -0.507 e. The standard InChI is InChI=1S/C31H31NO6/c1-18-16-21(10-15-24(18)38-5)28(35)26-27(20-8-11-22(12-9-20)31(2,3)4)32(30(37)29(26)36)23-13-6-19(7-14-23)17-25(33)34/h6-16,27,35H,17H2,1-5H3,(H,33,34)/b28-26-. The zero-order valence-electron chi connectivity index (χ0n) is 22.1. The summed E-state index contributed by atoms with van der Waals surface area (Å²) in [6.45, 7) is 8.12. The molecule has 1 fully saturated rings. The smallest absolute Gasteiger partial charge is 0.307 e. The molecule has 3 aromatic carbocycles. The van der Waals surface area contributed by atoms with E-state index in [4.69, 9.17) is 9.84 Å². The zero-order chi connectivity index (χ0) is 27.8. The van der Waals surface area contributed by atoms with E-state index in [2.05, 4.69) is 20.8 Å². The Kier molecular flexibility index (Phi) is 7.14. The summed E-state index contributed by atoms with van der Waals surface area (Å²) in [5.74, 6) is -2.17. The number of carbonyl (C=O) groups is 3. The van der Waals surface area contributed by atoms with E-state index in [1.807, 2.05) is 31.2 Å². The minimum atomic E-state index is -0.966. The number of aliphatic carboxylic acids is 1. The molecule has 0 bridgehead atoms. The number of ketones is 1. The molecular formula is C31H31NO6. The molecule has 38 heavy (non-hydrogen) atoms. The Morgan fingerprint density at radius 3 is 2.11 bits per heavy atom. The predicted molar refractivity (Wildman–Crippen MR) is 145 cm³/mol. The molecule has 7 nitrogen and oxygen atoms in total. The third-order valence-corrected chi connectivity index (χ3v) is 6.78. The summed E-state index contributed by atoms with van der Waals surface area (Å²) in [5, 5.41) is 20.5.